The minimum absolute atomic E-state index is 0.0444. The van der Waals surface area contributed by atoms with Gasteiger partial charge in [-0.3, -0.25) is 4.79 Å². The van der Waals surface area contributed by atoms with Crippen molar-refractivity contribution in [2.24, 2.45) is 0 Å². The molecule has 0 aromatic heterocycles. The quantitative estimate of drug-likeness (QED) is 0.756. The predicted octanol–water partition coefficient (Wildman–Crippen LogP) is 1.46. The summed E-state index contributed by atoms with van der Waals surface area (Å²) in [4.78, 5) is 11.7. The van der Waals surface area contributed by atoms with Crippen molar-refractivity contribution >= 4 is 5.91 Å². The molecule has 1 saturated carbocycles. The van der Waals surface area contributed by atoms with E-state index in [-0.39, 0.29) is 12.5 Å². The van der Waals surface area contributed by atoms with Gasteiger partial charge in [0.2, 0.25) is 0 Å². The number of hydrogen-bond acceptors (Lipinski definition) is 4. The van der Waals surface area contributed by atoms with Gasteiger partial charge in [0, 0.05) is 24.2 Å². The van der Waals surface area contributed by atoms with Crippen LogP contribution in [-0.4, -0.2) is 32.2 Å². The molecule has 1 aromatic carbocycles. The zero-order chi connectivity index (χ0) is 14.4. The molecule has 0 atom stereocenters. The number of ether oxygens (including phenoxy) is 2. The summed E-state index contributed by atoms with van der Waals surface area (Å²) >= 11 is 0. The highest BCUT2D eigenvalue weighted by molar-refractivity contribution is 5.78. The van der Waals surface area contributed by atoms with E-state index in [4.69, 9.17) is 9.47 Å². The molecule has 0 aliphatic heterocycles. The van der Waals surface area contributed by atoms with Crippen molar-refractivity contribution in [3.05, 3.63) is 23.8 Å². The zero-order valence-corrected chi connectivity index (χ0v) is 12.1. The van der Waals surface area contributed by atoms with Crippen LogP contribution in [-0.2, 0) is 11.3 Å². The van der Waals surface area contributed by atoms with Gasteiger partial charge in [-0.2, -0.15) is 0 Å². The van der Waals surface area contributed by atoms with E-state index >= 15 is 0 Å². The van der Waals surface area contributed by atoms with Crippen LogP contribution >= 0.6 is 0 Å². The van der Waals surface area contributed by atoms with Crippen molar-refractivity contribution in [2.75, 3.05) is 20.3 Å². The molecule has 0 radical (unpaired) electrons. The summed E-state index contributed by atoms with van der Waals surface area (Å²) in [6, 6.07) is 6.02. The van der Waals surface area contributed by atoms with Crippen LogP contribution in [0.5, 0.6) is 11.5 Å². The maximum absolute atomic E-state index is 11.7. The standard InChI is InChI=1S/C15H22N2O3/c1-3-16-9-11-4-7-13(19-2)8-14(11)20-10-15(18)17-12-5-6-12/h4,7-8,12,16H,3,5-6,9-10H2,1-2H3,(H,17,18). The molecule has 1 fully saturated rings. The molecular formula is C15H22N2O3. The van der Waals surface area contributed by atoms with Gasteiger partial charge in [0.1, 0.15) is 11.5 Å². The van der Waals surface area contributed by atoms with Crippen molar-refractivity contribution < 1.29 is 14.3 Å². The number of rotatable bonds is 8. The molecule has 0 saturated heterocycles. The second-order valence-corrected chi connectivity index (χ2v) is 4.88. The van der Waals surface area contributed by atoms with Crippen molar-refractivity contribution in [1.29, 1.82) is 0 Å². The zero-order valence-electron chi connectivity index (χ0n) is 12.1. The van der Waals surface area contributed by atoms with Crippen LogP contribution in [0.15, 0.2) is 18.2 Å². The first-order valence-electron chi connectivity index (χ1n) is 7.02. The Kier molecular flexibility index (Phi) is 5.24. The van der Waals surface area contributed by atoms with Crippen LogP contribution in [0.4, 0.5) is 0 Å². The largest absolute Gasteiger partial charge is 0.497 e. The molecule has 2 rings (SSSR count). The number of amides is 1. The first kappa shape index (κ1) is 14.7. The predicted molar refractivity (Wildman–Crippen MR) is 77.0 cm³/mol. The second-order valence-electron chi connectivity index (χ2n) is 4.88. The third kappa shape index (κ3) is 4.42. The highest BCUT2D eigenvalue weighted by atomic mass is 16.5. The summed E-state index contributed by atoms with van der Waals surface area (Å²) in [5, 5.41) is 6.16. The molecule has 1 aromatic rings. The van der Waals surface area contributed by atoms with Gasteiger partial charge in [-0.05, 0) is 25.5 Å². The molecule has 0 spiro atoms. The Bertz CT molecular complexity index is 458. The smallest absolute Gasteiger partial charge is 0.258 e. The molecule has 1 aliphatic carbocycles. The van der Waals surface area contributed by atoms with Crippen LogP contribution in [0.25, 0.3) is 0 Å². The van der Waals surface area contributed by atoms with Gasteiger partial charge in [-0.15, -0.1) is 0 Å². The maximum Gasteiger partial charge on any atom is 0.258 e. The minimum Gasteiger partial charge on any atom is -0.497 e. The lowest BCUT2D eigenvalue weighted by atomic mass is 10.2. The summed E-state index contributed by atoms with van der Waals surface area (Å²) < 4.78 is 10.8. The van der Waals surface area contributed by atoms with Crippen LogP contribution in [0, 0.1) is 0 Å². The van der Waals surface area contributed by atoms with Crippen LogP contribution in [0.3, 0.4) is 0 Å². The highest BCUT2D eigenvalue weighted by Gasteiger charge is 2.23. The average molecular weight is 278 g/mol. The van der Waals surface area contributed by atoms with Gasteiger partial charge in [-0.25, -0.2) is 0 Å². The lowest BCUT2D eigenvalue weighted by Gasteiger charge is -2.13. The molecule has 5 nitrogen and oxygen atoms in total. The fraction of sp³-hybridized carbons (Fsp3) is 0.533. The average Bonchev–Trinajstić information content (AvgIpc) is 3.27. The number of carbonyl (C=O) groups is 1. The lowest BCUT2D eigenvalue weighted by Crippen LogP contribution is -2.30. The minimum atomic E-state index is -0.0651. The third-order valence-electron chi connectivity index (χ3n) is 3.14. The van der Waals surface area contributed by atoms with Gasteiger partial charge in [-0.1, -0.05) is 13.0 Å². The molecule has 0 unspecified atom stereocenters. The number of methoxy groups -OCH3 is 1. The first-order valence-corrected chi connectivity index (χ1v) is 7.02. The molecule has 1 aliphatic rings. The molecule has 0 heterocycles. The highest BCUT2D eigenvalue weighted by Crippen LogP contribution is 2.25. The Morgan fingerprint density at radius 2 is 2.20 bits per heavy atom. The molecular weight excluding hydrogens is 256 g/mol. The van der Waals surface area contributed by atoms with Gasteiger partial charge < -0.3 is 20.1 Å². The lowest BCUT2D eigenvalue weighted by molar-refractivity contribution is -0.123. The Balaban J connectivity index is 1.96. The van der Waals surface area contributed by atoms with Gasteiger partial charge in [0.15, 0.2) is 6.61 Å². The van der Waals surface area contributed by atoms with Crippen molar-refractivity contribution in [2.45, 2.75) is 32.4 Å². The normalized spacial score (nSPS) is 13.9. The Morgan fingerprint density at radius 3 is 2.85 bits per heavy atom. The SMILES string of the molecule is CCNCc1ccc(OC)cc1OCC(=O)NC1CC1. The van der Waals surface area contributed by atoms with E-state index in [2.05, 4.69) is 10.6 Å². The summed E-state index contributed by atoms with van der Waals surface area (Å²) in [6.07, 6.45) is 2.16. The van der Waals surface area contributed by atoms with E-state index < -0.39 is 0 Å². The number of benzene rings is 1. The third-order valence-corrected chi connectivity index (χ3v) is 3.14. The van der Waals surface area contributed by atoms with E-state index in [1.54, 1.807) is 7.11 Å². The van der Waals surface area contributed by atoms with Crippen molar-refractivity contribution in [1.82, 2.24) is 10.6 Å². The van der Waals surface area contributed by atoms with E-state index in [1.165, 1.54) is 0 Å². The monoisotopic (exact) mass is 278 g/mol. The van der Waals surface area contributed by atoms with Crippen LogP contribution in [0.2, 0.25) is 0 Å². The summed E-state index contributed by atoms with van der Waals surface area (Å²) in [6.45, 7) is 3.68. The Labute approximate surface area is 119 Å². The van der Waals surface area contributed by atoms with E-state index in [9.17, 15) is 4.79 Å². The van der Waals surface area contributed by atoms with Gasteiger partial charge in [0.05, 0.1) is 7.11 Å². The van der Waals surface area contributed by atoms with Crippen LogP contribution < -0.4 is 20.1 Å². The Hall–Kier alpha value is -1.75. The van der Waals surface area contributed by atoms with Gasteiger partial charge in [0.25, 0.3) is 5.91 Å². The number of hydrogen-bond donors (Lipinski definition) is 2. The number of nitrogens with one attached hydrogen (secondary N) is 2. The second kappa shape index (κ2) is 7.14. The molecule has 20 heavy (non-hydrogen) atoms. The molecule has 5 heteroatoms. The summed E-state index contributed by atoms with van der Waals surface area (Å²) in [5.74, 6) is 1.35. The van der Waals surface area contributed by atoms with Crippen molar-refractivity contribution in [3.63, 3.8) is 0 Å². The topological polar surface area (TPSA) is 59.6 Å². The van der Waals surface area contributed by atoms with E-state index in [1.807, 2.05) is 25.1 Å². The maximum atomic E-state index is 11.7. The molecule has 2 N–H and O–H groups in total. The van der Waals surface area contributed by atoms with Crippen LogP contribution in [0.1, 0.15) is 25.3 Å². The van der Waals surface area contributed by atoms with E-state index in [0.29, 0.717) is 18.3 Å². The molecule has 0 bridgehead atoms. The molecule has 110 valence electrons. The van der Waals surface area contributed by atoms with Crippen molar-refractivity contribution in [3.8, 4) is 11.5 Å². The fourth-order valence-corrected chi connectivity index (χ4v) is 1.84. The Morgan fingerprint density at radius 1 is 1.40 bits per heavy atom. The fourth-order valence-electron chi connectivity index (χ4n) is 1.84. The first-order chi connectivity index (χ1) is 9.72. The summed E-state index contributed by atoms with van der Waals surface area (Å²) in [5.41, 5.74) is 1.02. The van der Waals surface area contributed by atoms with E-state index in [0.717, 1.165) is 30.7 Å². The number of carbonyl (C=O) groups excluding carboxylic acids is 1. The van der Waals surface area contributed by atoms with Gasteiger partial charge >= 0.3 is 0 Å². The summed E-state index contributed by atoms with van der Waals surface area (Å²) in [7, 11) is 1.61. The molecule has 1 amide bonds.